The van der Waals surface area contributed by atoms with Crippen LogP contribution in [0.15, 0.2) is 10.8 Å². The molecule has 2 rings (SSSR count). The second-order valence-electron chi connectivity index (χ2n) is 2.89. The molecule has 0 amide bonds. The summed E-state index contributed by atoms with van der Waals surface area (Å²) in [4.78, 5) is 0. The van der Waals surface area contributed by atoms with E-state index in [1.54, 1.807) is 0 Å². The molecule has 2 aromatic rings. The molecule has 74 valence electrons. The van der Waals surface area contributed by atoms with Crippen LogP contribution in [-0.2, 0) is 0 Å². The molecule has 2 heterocycles. The van der Waals surface area contributed by atoms with Crippen molar-refractivity contribution in [3.8, 4) is 0 Å². The molecule has 2 unspecified atom stereocenters. The molecule has 0 saturated heterocycles. The van der Waals surface area contributed by atoms with Crippen LogP contribution in [-0.4, -0.2) is 19.2 Å². The molecule has 0 radical (unpaired) electrons. The summed E-state index contributed by atoms with van der Waals surface area (Å²) < 4.78 is 7.65. The summed E-state index contributed by atoms with van der Waals surface area (Å²) in [5.41, 5.74) is 1.86. The summed E-state index contributed by atoms with van der Waals surface area (Å²) in [6.07, 6.45) is 0. The minimum absolute atomic E-state index is 0.0395. The van der Waals surface area contributed by atoms with Crippen molar-refractivity contribution in [3.63, 3.8) is 0 Å². The Morgan fingerprint density at radius 1 is 1.14 bits per heavy atom. The van der Waals surface area contributed by atoms with Gasteiger partial charge in [-0.25, -0.2) is 0 Å². The summed E-state index contributed by atoms with van der Waals surface area (Å²) in [7, 11) is 0. The predicted molar refractivity (Wildman–Crippen MR) is 60.0 cm³/mol. The van der Waals surface area contributed by atoms with Gasteiger partial charge in [0.25, 0.3) is 0 Å². The molecule has 0 aliphatic heterocycles. The van der Waals surface area contributed by atoms with E-state index in [1.807, 2.05) is 10.8 Å². The van der Waals surface area contributed by atoms with Crippen LogP contribution in [0.4, 0.5) is 0 Å². The number of hydrogen-bond donors (Lipinski definition) is 1. The van der Waals surface area contributed by atoms with Crippen LogP contribution in [0.3, 0.4) is 0 Å². The monoisotopic (exact) mass is 244 g/mol. The van der Waals surface area contributed by atoms with Gasteiger partial charge in [0.05, 0.1) is 16.6 Å². The highest BCUT2D eigenvalue weighted by Crippen LogP contribution is 2.34. The van der Waals surface area contributed by atoms with Gasteiger partial charge >= 0.3 is 0 Å². The van der Waals surface area contributed by atoms with Gasteiger partial charge in [-0.15, -0.1) is 10.2 Å². The maximum atomic E-state index is 4.51. The van der Waals surface area contributed by atoms with Crippen LogP contribution in [0, 0.1) is 0 Å². The Bertz CT molecular complexity index is 333. The third kappa shape index (κ3) is 1.94. The fourth-order valence-electron chi connectivity index (χ4n) is 1.09. The molecule has 14 heavy (non-hydrogen) atoms. The molecule has 2 aromatic heterocycles. The average Bonchev–Trinajstić information content (AvgIpc) is 2.87. The minimum atomic E-state index is 0.0395. The predicted octanol–water partition coefficient (Wildman–Crippen LogP) is 2.16. The molecular formula is C7H8N4S3. The van der Waals surface area contributed by atoms with Gasteiger partial charge < -0.3 is 0 Å². The lowest BCUT2D eigenvalue weighted by Crippen LogP contribution is -2.03. The maximum Gasteiger partial charge on any atom is 0.0889 e. The molecule has 0 bridgehead atoms. The van der Waals surface area contributed by atoms with E-state index in [2.05, 4.69) is 38.7 Å². The van der Waals surface area contributed by atoms with E-state index < -0.39 is 0 Å². The third-order valence-electron chi connectivity index (χ3n) is 2.00. The maximum absolute atomic E-state index is 4.51. The van der Waals surface area contributed by atoms with Gasteiger partial charge in [-0.05, 0) is 23.1 Å². The number of thiol groups is 1. The highest BCUT2D eigenvalue weighted by Gasteiger charge is 2.21. The summed E-state index contributed by atoms with van der Waals surface area (Å²) in [6, 6.07) is 0. The second kappa shape index (κ2) is 4.33. The summed E-state index contributed by atoms with van der Waals surface area (Å²) in [5, 5.41) is 11.9. The van der Waals surface area contributed by atoms with Gasteiger partial charge in [-0.2, -0.15) is 12.6 Å². The van der Waals surface area contributed by atoms with Crippen molar-refractivity contribution >= 4 is 35.7 Å². The van der Waals surface area contributed by atoms with Crippen LogP contribution < -0.4 is 0 Å². The lowest BCUT2D eigenvalue weighted by molar-refractivity contribution is 0.696. The molecule has 0 aliphatic rings. The Kier molecular flexibility index (Phi) is 3.09. The molecule has 2 atom stereocenters. The fourth-order valence-corrected chi connectivity index (χ4v) is 2.52. The first-order valence-electron chi connectivity index (χ1n) is 4.01. The minimum Gasteiger partial charge on any atom is -0.169 e. The van der Waals surface area contributed by atoms with E-state index in [0.717, 1.165) is 11.4 Å². The first-order valence-corrected chi connectivity index (χ1v) is 6.20. The van der Waals surface area contributed by atoms with Crippen molar-refractivity contribution in [1.29, 1.82) is 0 Å². The van der Waals surface area contributed by atoms with Gasteiger partial charge in [0, 0.05) is 16.7 Å². The van der Waals surface area contributed by atoms with Crippen molar-refractivity contribution in [2.45, 2.75) is 18.1 Å². The van der Waals surface area contributed by atoms with Crippen LogP contribution >= 0.6 is 35.7 Å². The summed E-state index contributed by atoms with van der Waals surface area (Å²) in [6.45, 7) is 2.06. The standard InChI is InChI=1S/C7H8N4S3/c1-4(5-2-13-10-8-5)7(12)6-3-14-11-9-6/h2-4,7,12H,1H3. The van der Waals surface area contributed by atoms with Crippen molar-refractivity contribution < 1.29 is 0 Å². The quantitative estimate of drug-likeness (QED) is 0.841. The Balaban J connectivity index is 2.16. The average molecular weight is 244 g/mol. The Labute approximate surface area is 95.1 Å². The zero-order valence-electron chi connectivity index (χ0n) is 7.36. The van der Waals surface area contributed by atoms with E-state index in [1.165, 1.54) is 23.1 Å². The Morgan fingerprint density at radius 2 is 1.71 bits per heavy atom. The van der Waals surface area contributed by atoms with Gasteiger partial charge in [0.1, 0.15) is 0 Å². The van der Waals surface area contributed by atoms with E-state index in [9.17, 15) is 0 Å². The molecule has 0 spiro atoms. The molecular weight excluding hydrogens is 236 g/mol. The molecule has 0 aliphatic carbocycles. The summed E-state index contributed by atoms with van der Waals surface area (Å²) in [5.74, 6) is 0.209. The number of aromatic nitrogens is 4. The highest BCUT2D eigenvalue weighted by atomic mass is 32.1. The van der Waals surface area contributed by atoms with Crippen molar-refractivity contribution in [2.24, 2.45) is 0 Å². The lowest BCUT2D eigenvalue weighted by atomic mass is 10.0. The van der Waals surface area contributed by atoms with Crippen molar-refractivity contribution in [3.05, 3.63) is 22.1 Å². The molecule has 0 N–H and O–H groups in total. The van der Waals surface area contributed by atoms with Gasteiger partial charge in [-0.3, -0.25) is 0 Å². The fraction of sp³-hybridized carbons (Fsp3) is 0.429. The first-order chi connectivity index (χ1) is 6.79. The van der Waals surface area contributed by atoms with Crippen molar-refractivity contribution in [2.75, 3.05) is 0 Å². The van der Waals surface area contributed by atoms with Crippen molar-refractivity contribution in [1.82, 2.24) is 19.2 Å². The molecule has 0 saturated carbocycles. The van der Waals surface area contributed by atoms with E-state index in [-0.39, 0.29) is 11.2 Å². The normalized spacial score (nSPS) is 15.3. The van der Waals surface area contributed by atoms with Crippen LogP contribution in [0.1, 0.15) is 29.5 Å². The molecule has 7 heteroatoms. The number of rotatable bonds is 3. The zero-order chi connectivity index (χ0) is 9.97. The Morgan fingerprint density at radius 3 is 2.21 bits per heavy atom. The highest BCUT2D eigenvalue weighted by molar-refractivity contribution is 7.80. The zero-order valence-corrected chi connectivity index (χ0v) is 9.89. The Hall–Kier alpha value is -0.530. The summed E-state index contributed by atoms with van der Waals surface area (Å²) >= 11 is 7.20. The van der Waals surface area contributed by atoms with E-state index >= 15 is 0 Å². The van der Waals surface area contributed by atoms with Gasteiger partial charge in [-0.1, -0.05) is 15.9 Å². The molecule has 0 aromatic carbocycles. The van der Waals surface area contributed by atoms with Gasteiger partial charge in [0.15, 0.2) is 0 Å². The van der Waals surface area contributed by atoms with E-state index in [0.29, 0.717) is 0 Å². The van der Waals surface area contributed by atoms with Crippen LogP contribution in [0.25, 0.3) is 0 Å². The third-order valence-corrected chi connectivity index (χ3v) is 3.75. The smallest absolute Gasteiger partial charge is 0.0889 e. The van der Waals surface area contributed by atoms with Crippen LogP contribution in [0.2, 0.25) is 0 Å². The molecule has 4 nitrogen and oxygen atoms in total. The number of nitrogens with zero attached hydrogens (tertiary/aromatic N) is 4. The topological polar surface area (TPSA) is 51.6 Å². The number of hydrogen-bond acceptors (Lipinski definition) is 7. The van der Waals surface area contributed by atoms with E-state index in [4.69, 9.17) is 0 Å². The second-order valence-corrected chi connectivity index (χ2v) is 4.67. The SMILES string of the molecule is CC(c1csnn1)C(S)c1csnn1. The first kappa shape index (κ1) is 10.0. The largest absolute Gasteiger partial charge is 0.169 e. The molecule has 0 fully saturated rings. The lowest BCUT2D eigenvalue weighted by Gasteiger charge is -2.13. The van der Waals surface area contributed by atoms with Gasteiger partial charge in [0.2, 0.25) is 0 Å². The van der Waals surface area contributed by atoms with Crippen LogP contribution in [0.5, 0.6) is 0 Å².